The van der Waals surface area contributed by atoms with Gasteiger partial charge in [0.2, 0.25) is 10.0 Å². The quantitative estimate of drug-likeness (QED) is 0.797. The van der Waals surface area contributed by atoms with Crippen molar-refractivity contribution in [2.24, 2.45) is 0 Å². The Kier molecular flexibility index (Phi) is 5.66. The molecule has 118 valence electrons. The highest BCUT2D eigenvalue weighted by molar-refractivity contribution is 7.89. The molecule has 1 saturated heterocycles. The first-order valence-corrected chi connectivity index (χ1v) is 9.26. The van der Waals surface area contributed by atoms with Crippen molar-refractivity contribution in [2.45, 2.75) is 43.6 Å². The average Bonchev–Trinajstić information content (AvgIpc) is 2.71. The number of rotatable bonds is 4. The van der Waals surface area contributed by atoms with E-state index < -0.39 is 10.0 Å². The fourth-order valence-corrected chi connectivity index (χ4v) is 4.41. The molecule has 0 aliphatic carbocycles. The van der Waals surface area contributed by atoms with Crippen LogP contribution in [0.5, 0.6) is 0 Å². The van der Waals surface area contributed by atoms with Crippen molar-refractivity contribution in [1.29, 1.82) is 0 Å². The van der Waals surface area contributed by atoms with E-state index in [-0.39, 0.29) is 6.10 Å². The molecule has 1 heterocycles. The van der Waals surface area contributed by atoms with Gasteiger partial charge in [0, 0.05) is 25.6 Å². The number of ether oxygens (including phenoxy) is 1. The number of nitrogens with zero attached hydrogens (tertiary/aromatic N) is 1. The van der Waals surface area contributed by atoms with Crippen molar-refractivity contribution < 1.29 is 13.2 Å². The van der Waals surface area contributed by atoms with Gasteiger partial charge in [-0.2, -0.15) is 4.31 Å². The second-order valence-electron chi connectivity index (χ2n) is 5.32. The first-order valence-electron chi connectivity index (χ1n) is 7.28. The lowest BCUT2D eigenvalue weighted by molar-refractivity contribution is 0.0752. The van der Waals surface area contributed by atoms with Crippen LogP contribution < -0.4 is 0 Å². The van der Waals surface area contributed by atoms with Crippen LogP contribution in [0.4, 0.5) is 0 Å². The first kappa shape index (κ1) is 16.7. The SMILES string of the molecule is CCc1ccc(S(=O)(=O)N2CCCOC(C)C2)cc1CCl. The van der Waals surface area contributed by atoms with Crippen LogP contribution in [0.2, 0.25) is 0 Å². The zero-order valence-corrected chi connectivity index (χ0v) is 14.1. The highest BCUT2D eigenvalue weighted by Gasteiger charge is 2.28. The van der Waals surface area contributed by atoms with Gasteiger partial charge < -0.3 is 4.74 Å². The van der Waals surface area contributed by atoms with Crippen molar-refractivity contribution in [3.63, 3.8) is 0 Å². The van der Waals surface area contributed by atoms with Crippen LogP contribution in [-0.2, 0) is 27.1 Å². The summed E-state index contributed by atoms with van der Waals surface area (Å²) in [5.41, 5.74) is 1.98. The number of alkyl halides is 1. The van der Waals surface area contributed by atoms with Crippen molar-refractivity contribution in [3.05, 3.63) is 29.3 Å². The van der Waals surface area contributed by atoms with Crippen molar-refractivity contribution in [1.82, 2.24) is 4.31 Å². The van der Waals surface area contributed by atoms with Crippen molar-refractivity contribution in [3.8, 4) is 0 Å². The fraction of sp³-hybridized carbons (Fsp3) is 0.600. The molecular weight excluding hydrogens is 310 g/mol. The van der Waals surface area contributed by atoms with Gasteiger partial charge in [-0.05, 0) is 43.0 Å². The summed E-state index contributed by atoms with van der Waals surface area (Å²) >= 11 is 5.94. The highest BCUT2D eigenvalue weighted by Crippen LogP contribution is 2.23. The zero-order chi connectivity index (χ0) is 15.5. The topological polar surface area (TPSA) is 46.6 Å². The lowest BCUT2D eigenvalue weighted by Gasteiger charge is -2.22. The third kappa shape index (κ3) is 3.77. The third-order valence-electron chi connectivity index (χ3n) is 3.76. The second kappa shape index (κ2) is 7.09. The molecule has 4 nitrogen and oxygen atoms in total. The number of halogens is 1. The smallest absolute Gasteiger partial charge is 0.243 e. The van der Waals surface area contributed by atoms with Crippen molar-refractivity contribution >= 4 is 21.6 Å². The molecule has 0 radical (unpaired) electrons. The van der Waals surface area contributed by atoms with E-state index in [0.717, 1.165) is 24.0 Å². The Morgan fingerprint density at radius 3 is 2.81 bits per heavy atom. The summed E-state index contributed by atoms with van der Waals surface area (Å²) < 4.78 is 32.6. The number of hydrogen-bond acceptors (Lipinski definition) is 3. The van der Waals surface area contributed by atoms with Gasteiger partial charge in [-0.1, -0.05) is 13.0 Å². The maximum absolute atomic E-state index is 12.8. The molecule has 0 bridgehead atoms. The Bertz CT molecular complexity index is 589. The molecule has 1 atom stereocenters. The molecule has 1 aliphatic rings. The third-order valence-corrected chi connectivity index (χ3v) is 5.90. The molecule has 0 N–H and O–H groups in total. The van der Waals surface area contributed by atoms with Crippen LogP contribution in [-0.4, -0.2) is 38.5 Å². The molecule has 0 amide bonds. The monoisotopic (exact) mass is 331 g/mol. The summed E-state index contributed by atoms with van der Waals surface area (Å²) in [7, 11) is -3.48. The predicted molar refractivity (Wildman–Crippen MR) is 84.2 cm³/mol. The minimum absolute atomic E-state index is 0.0790. The normalized spacial score (nSPS) is 21.2. The van der Waals surface area contributed by atoms with Gasteiger partial charge in [-0.25, -0.2) is 8.42 Å². The Hall–Kier alpha value is -0.620. The minimum Gasteiger partial charge on any atom is -0.377 e. The fourth-order valence-electron chi connectivity index (χ4n) is 2.56. The average molecular weight is 332 g/mol. The first-order chi connectivity index (χ1) is 9.98. The van der Waals surface area contributed by atoms with Gasteiger partial charge in [-0.15, -0.1) is 11.6 Å². The lowest BCUT2D eigenvalue weighted by Crippen LogP contribution is -2.36. The minimum atomic E-state index is -3.48. The number of aryl methyl sites for hydroxylation is 1. The van der Waals surface area contributed by atoms with E-state index in [1.807, 2.05) is 19.9 Å². The molecule has 1 unspecified atom stereocenters. The summed E-state index contributed by atoms with van der Waals surface area (Å²) in [6.45, 7) is 5.44. The lowest BCUT2D eigenvalue weighted by atomic mass is 10.1. The molecular formula is C15H22ClNO3S. The molecule has 6 heteroatoms. The van der Waals surface area contributed by atoms with Gasteiger partial charge in [0.25, 0.3) is 0 Å². The number of sulfonamides is 1. The molecule has 1 aromatic rings. The van der Waals surface area contributed by atoms with Crippen LogP contribution in [0.3, 0.4) is 0 Å². The molecule has 2 rings (SSSR count). The standard InChI is InChI=1S/C15H22ClNO3S/c1-3-13-5-6-15(9-14(13)10-16)21(18,19)17-7-4-8-20-12(2)11-17/h5-6,9,12H,3-4,7-8,10-11H2,1-2H3. The summed E-state index contributed by atoms with van der Waals surface area (Å²) in [4.78, 5) is 0.324. The van der Waals surface area contributed by atoms with Crippen LogP contribution in [0.1, 0.15) is 31.4 Å². The summed E-state index contributed by atoms with van der Waals surface area (Å²) in [5, 5.41) is 0. The van der Waals surface area contributed by atoms with Crippen molar-refractivity contribution in [2.75, 3.05) is 19.7 Å². The number of benzene rings is 1. The summed E-state index contributed by atoms with van der Waals surface area (Å²) in [5.74, 6) is 0.325. The maximum Gasteiger partial charge on any atom is 0.243 e. The molecule has 0 aromatic heterocycles. The van der Waals surface area contributed by atoms with Crippen LogP contribution in [0, 0.1) is 0 Å². The van der Waals surface area contributed by atoms with E-state index in [1.54, 1.807) is 12.1 Å². The van der Waals surface area contributed by atoms with E-state index >= 15 is 0 Å². The zero-order valence-electron chi connectivity index (χ0n) is 12.5. The van der Waals surface area contributed by atoms with Gasteiger partial charge in [0.15, 0.2) is 0 Å². The van der Waals surface area contributed by atoms with Crippen LogP contribution >= 0.6 is 11.6 Å². The van der Waals surface area contributed by atoms with Gasteiger partial charge in [-0.3, -0.25) is 0 Å². The van der Waals surface area contributed by atoms with Gasteiger partial charge in [0.05, 0.1) is 11.0 Å². The molecule has 1 aliphatic heterocycles. The largest absolute Gasteiger partial charge is 0.377 e. The molecule has 21 heavy (non-hydrogen) atoms. The van der Waals surface area contributed by atoms with E-state index in [1.165, 1.54) is 4.31 Å². The predicted octanol–water partition coefficient (Wildman–Crippen LogP) is 2.79. The van der Waals surface area contributed by atoms with Crippen LogP contribution in [0.25, 0.3) is 0 Å². The molecule has 1 fully saturated rings. The van der Waals surface area contributed by atoms with Gasteiger partial charge >= 0.3 is 0 Å². The van der Waals surface area contributed by atoms with E-state index in [2.05, 4.69) is 0 Å². The number of hydrogen-bond donors (Lipinski definition) is 0. The Balaban J connectivity index is 2.34. The molecule has 0 spiro atoms. The summed E-state index contributed by atoms with van der Waals surface area (Å²) in [6.07, 6.45) is 1.49. The van der Waals surface area contributed by atoms with Gasteiger partial charge in [0.1, 0.15) is 0 Å². The summed E-state index contributed by atoms with van der Waals surface area (Å²) in [6, 6.07) is 5.25. The van der Waals surface area contributed by atoms with Crippen LogP contribution in [0.15, 0.2) is 23.1 Å². The highest BCUT2D eigenvalue weighted by atomic mass is 35.5. The Morgan fingerprint density at radius 1 is 1.38 bits per heavy atom. The van der Waals surface area contributed by atoms with E-state index in [4.69, 9.17) is 16.3 Å². The maximum atomic E-state index is 12.8. The van der Waals surface area contributed by atoms with E-state index in [0.29, 0.717) is 30.5 Å². The molecule has 0 saturated carbocycles. The Morgan fingerprint density at radius 2 is 2.14 bits per heavy atom. The van der Waals surface area contributed by atoms with E-state index in [9.17, 15) is 8.42 Å². The second-order valence-corrected chi connectivity index (χ2v) is 7.52. The Labute approximate surface area is 132 Å². The molecule has 1 aromatic carbocycles.